The summed E-state index contributed by atoms with van der Waals surface area (Å²) in [6, 6.07) is 0. The third-order valence-electron chi connectivity index (χ3n) is 3.78. The van der Waals surface area contributed by atoms with Gasteiger partial charge in [-0.1, -0.05) is 46.6 Å². The van der Waals surface area contributed by atoms with E-state index in [1.165, 1.54) is 57.0 Å². The minimum absolute atomic E-state index is 0. The first-order valence-corrected chi connectivity index (χ1v) is 10.7. The van der Waals surface area contributed by atoms with E-state index < -0.39 is 7.26 Å². The Morgan fingerprint density at radius 2 is 1.33 bits per heavy atom. The van der Waals surface area contributed by atoms with Crippen molar-refractivity contribution < 1.29 is 21.9 Å². The first-order valence-electron chi connectivity index (χ1n) is 8.19. The number of carbonyl (C=O) groups excluding carboxylic acids is 1. The van der Waals surface area contributed by atoms with E-state index >= 15 is 0 Å². The summed E-state index contributed by atoms with van der Waals surface area (Å²) < 4.78 is 5.57. The molecule has 0 aromatic heterocycles. The van der Waals surface area contributed by atoms with Gasteiger partial charge in [0.05, 0.1) is 25.7 Å². The maximum atomic E-state index is 11.7. The summed E-state index contributed by atoms with van der Waals surface area (Å²) in [5.41, 5.74) is 0.518. The van der Waals surface area contributed by atoms with E-state index in [0.717, 1.165) is 0 Å². The van der Waals surface area contributed by atoms with Crippen molar-refractivity contribution >= 4 is 13.2 Å². The lowest BCUT2D eigenvalue weighted by molar-refractivity contribution is -0.136. The van der Waals surface area contributed by atoms with Crippen LogP contribution in [-0.2, 0) is 9.53 Å². The Kier molecular flexibility index (Phi) is 15.0. The SMILES string of the molecule is C=C(C)C(=O)OC[P+](CCCC)(CCCC)CCCC.[Cl-]. The number of hydrogen-bond acceptors (Lipinski definition) is 2. The van der Waals surface area contributed by atoms with Crippen LogP contribution < -0.4 is 12.4 Å². The molecule has 0 bridgehead atoms. The van der Waals surface area contributed by atoms with Crippen LogP contribution in [0.3, 0.4) is 0 Å². The van der Waals surface area contributed by atoms with Gasteiger partial charge < -0.3 is 17.1 Å². The summed E-state index contributed by atoms with van der Waals surface area (Å²) in [7, 11) is -1.12. The lowest BCUT2D eigenvalue weighted by atomic mass is 10.4. The summed E-state index contributed by atoms with van der Waals surface area (Å²) in [5, 5.41) is 0. The first-order chi connectivity index (χ1) is 9.51. The van der Waals surface area contributed by atoms with E-state index in [4.69, 9.17) is 4.74 Å². The topological polar surface area (TPSA) is 26.3 Å². The molecule has 0 rings (SSSR count). The molecule has 0 unspecified atom stereocenters. The van der Waals surface area contributed by atoms with E-state index in [9.17, 15) is 4.79 Å². The highest BCUT2D eigenvalue weighted by Gasteiger charge is 2.37. The minimum atomic E-state index is -1.12. The second-order valence-electron chi connectivity index (χ2n) is 5.91. The molecule has 0 atom stereocenters. The predicted octanol–water partition coefficient (Wildman–Crippen LogP) is 2.49. The Morgan fingerprint density at radius 1 is 0.952 bits per heavy atom. The molecule has 0 spiro atoms. The fraction of sp³-hybridized carbons (Fsp3) is 0.824. The zero-order chi connectivity index (χ0) is 15.4. The van der Waals surface area contributed by atoms with E-state index in [1.54, 1.807) is 6.92 Å². The van der Waals surface area contributed by atoms with Gasteiger partial charge in [0.1, 0.15) is 0 Å². The Hall–Kier alpha value is -0.0700. The second kappa shape index (κ2) is 13.6. The molecule has 0 aromatic carbocycles. The Balaban J connectivity index is 0. The van der Waals surface area contributed by atoms with Gasteiger partial charge in [0, 0.05) is 5.57 Å². The molecule has 2 nitrogen and oxygen atoms in total. The summed E-state index contributed by atoms with van der Waals surface area (Å²) in [6.45, 7) is 12.1. The van der Waals surface area contributed by atoms with Gasteiger partial charge in [-0.05, 0) is 26.2 Å². The average Bonchev–Trinajstić information content (AvgIpc) is 2.45. The second-order valence-corrected chi connectivity index (χ2v) is 10.2. The highest BCUT2D eigenvalue weighted by Crippen LogP contribution is 2.60. The number of carbonyl (C=O) groups is 1. The number of ether oxygens (including phenoxy) is 1. The van der Waals surface area contributed by atoms with E-state index in [2.05, 4.69) is 27.4 Å². The summed E-state index contributed by atoms with van der Waals surface area (Å²) in [5.74, 6) is -0.209. The highest BCUT2D eigenvalue weighted by molar-refractivity contribution is 7.75. The normalized spacial score (nSPS) is 10.9. The van der Waals surface area contributed by atoms with Gasteiger partial charge in [-0.3, -0.25) is 0 Å². The van der Waals surface area contributed by atoms with Crippen molar-refractivity contribution in [3.05, 3.63) is 12.2 Å². The summed E-state index contributed by atoms with van der Waals surface area (Å²) in [4.78, 5) is 11.7. The van der Waals surface area contributed by atoms with Crippen LogP contribution in [0.15, 0.2) is 12.2 Å². The van der Waals surface area contributed by atoms with Crippen molar-refractivity contribution in [2.75, 3.05) is 24.8 Å². The molecule has 0 aliphatic carbocycles. The summed E-state index contributed by atoms with van der Waals surface area (Å²) >= 11 is 0. The van der Waals surface area contributed by atoms with Crippen molar-refractivity contribution in [3.63, 3.8) is 0 Å². The third kappa shape index (κ3) is 10.3. The molecule has 21 heavy (non-hydrogen) atoms. The molecule has 0 saturated heterocycles. The highest BCUT2D eigenvalue weighted by atomic mass is 35.5. The molecule has 0 aliphatic rings. The van der Waals surface area contributed by atoms with Crippen LogP contribution in [0.4, 0.5) is 0 Å². The van der Waals surface area contributed by atoms with Gasteiger partial charge >= 0.3 is 5.97 Å². The molecular weight excluding hydrogens is 303 g/mol. The van der Waals surface area contributed by atoms with Gasteiger partial charge in [0.15, 0.2) is 6.35 Å². The van der Waals surface area contributed by atoms with E-state index in [1.807, 2.05) is 0 Å². The molecule has 0 aromatic rings. The molecular formula is C17H34ClO2P. The van der Waals surface area contributed by atoms with E-state index in [-0.39, 0.29) is 18.4 Å². The standard InChI is InChI=1S/C17H34O2P.ClH/c1-6-9-12-20(13-10-7-2,14-11-8-3)15-19-17(18)16(4)5;/h4,6-15H2,1-3,5H3;1H/q+1;/p-1. The van der Waals surface area contributed by atoms with Crippen molar-refractivity contribution in [2.45, 2.75) is 66.2 Å². The van der Waals surface area contributed by atoms with Gasteiger partial charge in [0.25, 0.3) is 0 Å². The molecule has 126 valence electrons. The van der Waals surface area contributed by atoms with E-state index in [0.29, 0.717) is 11.9 Å². The minimum Gasteiger partial charge on any atom is -1.00 e. The van der Waals surface area contributed by atoms with Crippen molar-refractivity contribution in [1.82, 2.24) is 0 Å². The maximum Gasteiger partial charge on any atom is 0.336 e. The quantitative estimate of drug-likeness (QED) is 0.311. The smallest absolute Gasteiger partial charge is 0.336 e. The van der Waals surface area contributed by atoms with Gasteiger partial charge in [-0.2, -0.15) is 0 Å². The number of halogens is 1. The molecule has 0 aliphatic heterocycles. The van der Waals surface area contributed by atoms with Crippen LogP contribution in [0.5, 0.6) is 0 Å². The number of esters is 1. The van der Waals surface area contributed by atoms with Crippen LogP contribution >= 0.6 is 7.26 Å². The average molecular weight is 337 g/mol. The zero-order valence-corrected chi connectivity index (χ0v) is 16.1. The first kappa shape index (κ1) is 23.2. The number of rotatable bonds is 12. The van der Waals surface area contributed by atoms with Gasteiger partial charge in [0.2, 0.25) is 0 Å². The lowest BCUT2D eigenvalue weighted by Gasteiger charge is -2.27. The van der Waals surface area contributed by atoms with Gasteiger partial charge in [-0.15, -0.1) is 0 Å². The largest absolute Gasteiger partial charge is 1.00 e. The Bertz CT molecular complexity index is 271. The molecule has 0 fully saturated rings. The predicted molar refractivity (Wildman–Crippen MR) is 92.0 cm³/mol. The molecule has 0 N–H and O–H groups in total. The molecule has 0 amide bonds. The van der Waals surface area contributed by atoms with Crippen molar-refractivity contribution in [3.8, 4) is 0 Å². The Labute approximate surface area is 138 Å². The fourth-order valence-electron chi connectivity index (χ4n) is 2.33. The van der Waals surface area contributed by atoms with Crippen LogP contribution in [0.2, 0.25) is 0 Å². The van der Waals surface area contributed by atoms with Crippen LogP contribution in [0, 0.1) is 0 Å². The molecule has 0 saturated carbocycles. The van der Waals surface area contributed by atoms with Crippen LogP contribution in [-0.4, -0.2) is 30.8 Å². The number of hydrogen-bond donors (Lipinski definition) is 0. The van der Waals surface area contributed by atoms with Crippen LogP contribution in [0.25, 0.3) is 0 Å². The van der Waals surface area contributed by atoms with Crippen LogP contribution in [0.1, 0.15) is 66.2 Å². The monoisotopic (exact) mass is 336 g/mol. The third-order valence-corrected chi connectivity index (χ3v) is 8.25. The molecule has 0 heterocycles. The van der Waals surface area contributed by atoms with Gasteiger partial charge in [-0.25, -0.2) is 4.79 Å². The summed E-state index contributed by atoms with van der Waals surface area (Å²) in [6.07, 6.45) is 12.0. The lowest BCUT2D eigenvalue weighted by Crippen LogP contribution is -3.00. The fourth-order valence-corrected chi connectivity index (χ4v) is 6.74. The zero-order valence-electron chi connectivity index (χ0n) is 14.4. The maximum absolute atomic E-state index is 11.7. The number of unbranched alkanes of at least 4 members (excludes halogenated alkanes) is 3. The molecule has 0 radical (unpaired) electrons. The Morgan fingerprint density at radius 3 is 1.62 bits per heavy atom. The van der Waals surface area contributed by atoms with Crippen molar-refractivity contribution in [2.24, 2.45) is 0 Å². The molecule has 4 heteroatoms. The van der Waals surface area contributed by atoms with Crippen molar-refractivity contribution in [1.29, 1.82) is 0 Å².